The molecule has 0 heterocycles. The highest BCUT2D eigenvalue weighted by Crippen LogP contribution is 2.13. The normalized spacial score (nSPS) is 11.3. The summed E-state index contributed by atoms with van der Waals surface area (Å²) in [7, 11) is 0. The molecule has 0 saturated carbocycles. The van der Waals surface area contributed by atoms with E-state index in [0.717, 1.165) is 0 Å². The van der Waals surface area contributed by atoms with Gasteiger partial charge in [0.25, 0.3) is 0 Å². The zero-order chi connectivity index (χ0) is 28.7. The van der Waals surface area contributed by atoms with Crippen LogP contribution in [0.4, 0.5) is 0 Å². The summed E-state index contributed by atoms with van der Waals surface area (Å²) >= 11 is 0. The van der Waals surface area contributed by atoms with Crippen molar-refractivity contribution in [3.05, 3.63) is 0 Å². The van der Waals surface area contributed by atoms with Gasteiger partial charge in [-0.25, -0.2) is 0 Å². The molecule has 12 heteroatoms. The summed E-state index contributed by atoms with van der Waals surface area (Å²) in [5.41, 5.74) is 5.63. The largest absolute Gasteiger partial charge is 0.466 e. The Balaban J connectivity index is 5.70. The Morgan fingerprint density at radius 2 is 1.03 bits per heavy atom. The fourth-order valence-electron chi connectivity index (χ4n) is 3.99. The predicted octanol–water partition coefficient (Wildman–Crippen LogP) is 0.466. The number of carbonyl (C=O) groups is 4. The monoisotopic (exact) mass is 547 g/mol. The first-order valence-electron chi connectivity index (χ1n) is 13.9. The van der Waals surface area contributed by atoms with Crippen LogP contribution in [-0.2, 0) is 38.1 Å². The van der Waals surface area contributed by atoms with Crippen LogP contribution < -0.4 is 11.1 Å². The van der Waals surface area contributed by atoms with E-state index >= 15 is 0 Å². The zero-order valence-electron chi connectivity index (χ0n) is 24.0. The number of carbonyl (C=O) groups excluding carboxylic acids is 4. The molecule has 0 bridgehead atoms. The van der Waals surface area contributed by atoms with Crippen molar-refractivity contribution in [1.82, 2.24) is 10.2 Å². The molecule has 0 aliphatic rings. The molecule has 0 atom stereocenters. The Hall–Kier alpha value is -2.28. The highest BCUT2D eigenvalue weighted by Gasteiger charge is 2.30. The van der Waals surface area contributed by atoms with Crippen molar-refractivity contribution in [1.29, 1.82) is 0 Å². The molecular formula is C26H51N4O8+. The first kappa shape index (κ1) is 35.7. The molecule has 0 fully saturated rings. The number of rotatable bonds is 24. The summed E-state index contributed by atoms with van der Waals surface area (Å²) in [5, 5.41) is 3.30. The van der Waals surface area contributed by atoms with Gasteiger partial charge < -0.3 is 34.5 Å². The van der Waals surface area contributed by atoms with Crippen LogP contribution in [0.1, 0.15) is 53.4 Å². The molecule has 0 amide bonds. The number of nitrogens with two attached hydrogens (primary N) is 1. The van der Waals surface area contributed by atoms with Crippen molar-refractivity contribution in [2.45, 2.75) is 53.4 Å². The Morgan fingerprint density at radius 1 is 0.605 bits per heavy atom. The molecule has 3 N–H and O–H groups in total. The number of nitrogens with one attached hydrogen (secondary N) is 1. The van der Waals surface area contributed by atoms with E-state index in [0.29, 0.717) is 96.4 Å². The molecule has 12 nitrogen and oxygen atoms in total. The topological polar surface area (TPSA) is 146 Å². The molecule has 38 heavy (non-hydrogen) atoms. The Kier molecular flexibility index (Phi) is 21.3. The highest BCUT2D eigenvalue weighted by atomic mass is 16.5. The van der Waals surface area contributed by atoms with Crippen molar-refractivity contribution < 1.29 is 42.6 Å². The molecule has 0 radical (unpaired) electrons. The maximum Gasteiger partial charge on any atom is 0.311 e. The van der Waals surface area contributed by atoms with Gasteiger partial charge in [-0.05, 0) is 27.7 Å². The SMILES string of the molecule is CCOC(=O)CCN(CCC(=O)OCC)CC[N+](CCNCCN)(CCC(=O)OCC)CCC(=O)OCC. The third-order valence-corrected chi connectivity index (χ3v) is 6.04. The average molecular weight is 548 g/mol. The summed E-state index contributed by atoms with van der Waals surface area (Å²) in [4.78, 5) is 50.5. The van der Waals surface area contributed by atoms with E-state index in [1.165, 1.54) is 0 Å². The standard InChI is InChI=1S/C26H51N4O8/c1-5-35-23(31)9-16-29(17-10-24(32)36-6-2)18-22-30(21-15-28-14-13-27,19-11-25(33)37-7-3)20-12-26(34)38-8-4/h28H,5-22,27H2,1-4H3/q+1. The van der Waals surface area contributed by atoms with Gasteiger partial charge in [0.2, 0.25) is 0 Å². The first-order valence-corrected chi connectivity index (χ1v) is 13.9. The van der Waals surface area contributed by atoms with Gasteiger partial charge in [0.05, 0.1) is 78.3 Å². The van der Waals surface area contributed by atoms with Crippen molar-refractivity contribution in [3.63, 3.8) is 0 Å². The van der Waals surface area contributed by atoms with Gasteiger partial charge in [-0.15, -0.1) is 0 Å². The van der Waals surface area contributed by atoms with E-state index in [4.69, 9.17) is 24.7 Å². The molecule has 0 aliphatic heterocycles. The lowest BCUT2D eigenvalue weighted by Crippen LogP contribution is -2.56. The molecule has 0 rings (SSSR count). The maximum atomic E-state index is 12.3. The molecule has 0 aromatic carbocycles. The third kappa shape index (κ3) is 18.1. The average Bonchev–Trinajstić information content (AvgIpc) is 2.88. The minimum atomic E-state index is -0.301. The predicted molar refractivity (Wildman–Crippen MR) is 143 cm³/mol. The fraction of sp³-hybridized carbons (Fsp3) is 0.846. The van der Waals surface area contributed by atoms with E-state index in [9.17, 15) is 19.2 Å². The summed E-state index contributed by atoms with van der Waals surface area (Å²) in [6.07, 6.45) is 0.805. The summed E-state index contributed by atoms with van der Waals surface area (Å²) in [5.74, 6) is -1.18. The Morgan fingerprint density at radius 3 is 1.42 bits per heavy atom. The van der Waals surface area contributed by atoms with Crippen molar-refractivity contribution in [2.24, 2.45) is 5.73 Å². The molecule has 0 unspecified atom stereocenters. The van der Waals surface area contributed by atoms with Crippen LogP contribution in [0.15, 0.2) is 0 Å². The number of hydrogen-bond donors (Lipinski definition) is 2. The van der Waals surface area contributed by atoms with Crippen LogP contribution in [0.2, 0.25) is 0 Å². The van der Waals surface area contributed by atoms with Gasteiger partial charge in [0.1, 0.15) is 0 Å². The number of ether oxygens (including phenoxy) is 4. The van der Waals surface area contributed by atoms with Gasteiger partial charge >= 0.3 is 23.9 Å². The van der Waals surface area contributed by atoms with E-state index in [2.05, 4.69) is 5.32 Å². The minimum Gasteiger partial charge on any atom is -0.466 e. The molecule has 0 aromatic heterocycles. The van der Waals surface area contributed by atoms with Crippen molar-refractivity contribution in [2.75, 3.05) is 91.9 Å². The number of quaternary nitrogens is 1. The van der Waals surface area contributed by atoms with E-state index in [1.54, 1.807) is 27.7 Å². The van der Waals surface area contributed by atoms with E-state index in [1.807, 2.05) is 4.90 Å². The minimum absolute atomic E-state index is 0.195. The van der Waals surface area contributed by atoms with Crippen molar-refractivity contribution >= 4 is 23.9 Å². The molecule has 0 spiro atoms. The molecule has 222 valence electrons. The van der Waals surface area contributed by atoms with Crippen LogP contribution in [0.5, 0.6) is 0 Å². The lowest BCUT2D eigenvalue weighted by atomic mass is 10.2. The van der Waals surface area contributed by atoms with Gasteiger partial charge in [0, 0.05) is 39.3 Å². The quantitative estimate of drug-likeness (QED) is 0.0752. The second-order valence-electron chi connectivity index (χ2n) is 8.84. The van der Waals surface area contributed by atoms with Crippen LogP contribution in [0, 0.1) is 0 Å². The summed E-state index contributed by atoms with van der Waals surface area (Å²) < 4.78 is 20.9. The van der Waals surface area contributed by atoms with E-state index < -0.39 is 0 Å². The first-order chi connectivity index (χ1) is 18.2. The van der Waals surface area contributed by atoms with Crippen LogP contribution in [0.3, 0.4) is 0 Å². The lowest BCUT2D eigenvalue weighted by Gasteiger charge is -2.40. The van der Waals surface area contributed by atoms with Gasteiger partial charge in [-0.3, -0.25) is 24.1 Å². The van der Waals surface area contributed by atoms with Crippen molar-refractivity contribution in [3.8, 4) is 0 Å². The maximum absolute atomic E-state index is 12.3. The van der Waals surface area contributed by atoms with Crippen LogP contribution in [0.25, 0.3) is 0 Å². The number of esters is 4. The molecule has 0 aromatic rings. The van der Waals surface area contributed by atoms with Gasteiger partial charge in [0.15, 0.2) is 0 Å². The molecule has 0 aliphatic carbocycles. The number of nitrogens with zero attached hydrogens (tertiary/aromatic N) is 2. The van der Waals surface area contributed by atoms with Crippen LogP contribution in [-0.4, -0.2) is 125 Å². The fourth-order valence-corrected chi connectivity index (χ4v) is 3.99. The Labute approximate surface area is 228 Å². The Bertz CT molecular complexity index is 634. The highest BCUT2D eigenvalue weighted by molar-refractivity contribution is 5.70. The second kappa shape index (κ2) is 22.7. The third-order valence-electron chi connectivity index (χ3n) is 6.04. The number of hydrogen-bond acceptors (Lipinski definition) is 11. The summed E-state index contributed by atoms with van der Waals surface area (Å²) in [6.45, 7) is 13.6. The zero-order valence-corrected chi connectivity index (χ0v) is 24.0. The molecular weight excluding hydrogens is 496 g/mol. The van der Waals surface area contributed by atoms with Gasteiger partial charge in [-0.1, -0.05) is 0 Å². The molecule has 0 saturated heterocycles. The van der Waals surface area contributed by atoms with Crippen LogP contribution >= 0.6 is 0 Å². The summed E-state index contributed by atoms with van der Waals surface area (Å²) in [6, 6.07) is 0. The van der Waals surface area contributed by atoms with E-state index in [-0.39, 0.29) is 49.6 Å². The van der Waals surface area contributed by atoms with Gasteiger partial charge in [-0.2, -0.15) is 0 Å². The lowest BCUT2D eigenvalue weighted by molar-refractivity contribution is -0.925. The second-order valence-corrected chi connectivity index (χ2v) is 8.84. The smallest absolute Gasteiger partial charge is 0.311 e.